The first-order valence-corrected chi connectivity index (χ1v) is 7.15. The van der Waals surface area contributed by atoms with Crippen molar-refractivity contribution in [2.75, 3.05) is 19.6 Å². The van der Waals surface area contributed by atoms with Gasteiger partial charge in [-0.05, 0) is 19.5 Å². The van der Waals surface area contributed by atoms with Crippen LogP contribution >= 0.6 is 34.5 Å². The minimum absolute atomic E-state index is 0.0601. The van der Waals surface area contributed by atoms with Crippen molar-refractivity contribution in [3.05, 3.63) is 20.3 Å². The predicted molar refractivity (Wildman–Crippen MR) is 75.6 cm³/mol. The van der Waals surface area contributed by atoms with Crippen molar-refractivity contribution >= 4 is 40.3 Å². The van der Waals surface area contributed by atoms with Crippen molar-refractivity contribution in [1.82, 2.24) is 4.90 Å². The van der Waals surface area contributed by atoms with Crippen LogP contribution in [0.4, 0.5) is 0 Å². The molecule has 1 heterocycles. The number of hydrogen-bond acceptors (Lipinski definition) is 4. The molecule has 6 heteroatoms. The average molecular weight is 305 g/mol. The van der Waals surface area contributed by atoms with Gasteiger partial charge in [0.2, 0.25) is 0 Å². The van der Waals surface area contributed by atoms with E-state index in [1.54, 1.807) is 6.07 Å². The van der Waals surface area contributed by atoms with Crippen LogP contribution in [-0.2, 0) is 0 Å². The van der Waals surface area contributed by atoms with Crippen molar-refractivity contribution in [3.8, 4) is 6.07 Å². The molecule has 0 saturated carbocycles. The van der Waals surface area contributed by atoms with E-state index in [0.717, 1.165) is 0 Å². The van der Waals surface area contributed by atoms with Gasteiger partial charge in [-0.2, -0.15) is 5.26 Å². The van der Waals surface area contributed by atoms with E-state index in [9.17, 15) is 4.79 Å². The molecule has 0 N–H and O–H groups in total. The molecule has 1 aromatic heterocycles. The lowest BCUT2D eigenvalue weighted by Gasteiger charge is -2.20. The van der Waals surface area contributed by atoms with Gasteiger partial charge in [-0.15, -0.1) is 11.3 Å². The van der Waals surface area contributed by atoms with Gasteiger partial charge in [0.05, 0.1) is 28.4 Å². The zero-order valence-corrected chi connectivity index (χ0v) is 12.6. The summed E-state index contributed by atoms with van der Waals surface area (Å²) >= 11 is 12.9. The highest BCUT2D eigenvalue weighted by Crippen LogP contribution is 2.31. The molecule has 0 spiro atoms. The number of nitrogens with zero attached hydrogens (tertiary/aromatic N) is 2. The molecular formula is C12H14Cl2N2OS. The molecule has 1 atom stereocenters. The smallest absolute Gasteiger partial charge is 0.179 e. The van der Waals surface area contributed by atoms with Gasteiger partial charge >= 0.3 is 0 Å². The first-order chi connectivity index (χ1) is 8.47. The van der Waals surface area contributed by atoms with Gasteiger partial charge in [-0.1, -0.05) is 30.1 Å². The Morgan fingerprint density at radius 3 is 2.72 bits per heavy atom. The number of rotatable bonds is 6. The third-order valence-corrected chi connectivity index (χ3v) is 4.01. The summed E-state index contributed by atoms with van der Waals surface area (Å²) in [7, 11) is 0. The van der Waals surface area contributed by atoms with E-state index in [0.29, 0.717) is 27.3 Å². The zero-order valence-electron chi connectivity index (χ0n) is 10.2. The van der Waals surface area contributed by atoms with Crippen LogP contribution in [-0.4, -0.2) is 30.3 Å². The van der Waals surface area contributed by atoms with Gasteiger partial charge in [-0.3, -0.25) is 9.69 Å². The number of thiophene rings is 1. The molecule has 3 nitrogen and oxygen atoms in total. The second-order valence-electron chi connectivity index (χ2n) is 4.02. The number of ketones is 1. The van der Waals surface area contributed by atoms with Crippen molar-refractivity contribution < 1.29 is 4.79 Å². The molecule has 98 valence electrons. The van der Waals surface area contributed by atoms with Crippen LogP contribution < -0.4 is 0 Å². The zero-order chi connectivity index (χ0) is 13.7. The fraction of sp³-hybridized carbons (Fsp3) is 0.500. The maximum Gasteiger partial charge on any atom is 0.179 e. The maximum atomic E-state index is 12.1. The molecule has 1 unspecified atom stereocenters. The summed E-state index contributed by atoms with van der Waals surface area (Å²) in [5.41, 5.74) is 0.467. The second-order valence-corrected chi connectivity index (χ2v) is 6.30. The van der Waals surface area contributed by atoms with E-state index in [2.05, 4.69) is 6.07 Å². The Morgan fingerprint density at radius 1 is 1.61 bits per heavy atom. The topological polar surface area (TPSA) is 44.1 Å². The van der Waals surface area contributed by atoms with E-state index < -0.39 is 0 Å². The number of carbonyl (C=O) groups excluding carboxylic acids is 1. The lowest BCUT2D eigenvalue weighted by atomic mass is 10.1. The molecule has 0 aliphatic heterocycles. The summed E-state index contributed by atoms with van der Waals surface area (Å²) < 4.78 is 0.936. The van der Waals surface area contributed by atoms with Crippen molar-refractivity contribution in [3.63, 3.8) is 0 Å². The second kappa shape index (κ2) is 7.10. The van der Waals surface area contributed by atoms with E-state index in [1.807, 2.05) is 18.7 Å². The highest BCUT2D eigenvalue weighted by molar-refractivity contribution is 7.20. The summed E-state index contributed by atoms with van der Waals surface area (Å²) in [6, 6.07) is 3.76. The van der Waals surface area contributed by atoms with Gasteiger partial charge in [0, 0.05) is 6.54 Å². The molecule has 0 radical (unpaired) electrons. The SMILES string of the molecule is CCN(CC(=O)c1cc(Cl)sc1Cl)CC(C)C#N. The average Bonchev–Trinajstić information content (AvgIpc) is 2.67. The molecule has 18 heavy (non-hydrogen) atoms. The highest BCUT2D eigenvalue weighted by atomic mass is 35.5. The van der Waals surface area contributed by atoms with Crippen molar-refractivity contribution in [2.24, 2.45) is 5.92 Å². The summed E-state index contributed by atoms with van der Waals surface area (Å²) in [4.78, 5) is 14.0. The quantitative estimate of drug-likeness (QED) is 0.752. The van der Waals surface area contributed by atoms with Crippen molar-refractivity contribution in [1.29, 1.82) is 5.26 Å². The van der Waals surface area contributed by atoms with E-state index >= 15 is 0 Å². The molecule has 0 fully saturated rings. The Kier molecular flexibility index (Phi) is 6.10. The third kappa shape index (κ3) is 4.25. The molecule has 0 aromatic carbocycles. The number of halogens is 2. The van der Waals surface area contributed by atoms with Gasteiger partial charge in [0.1, 0.15) is 4.34 Å². The van der Waals surface area contributed by atoms with Crippen LogP contribution in [0.25, 0.3) is 0 Å². The molecule has 0 amide bonds. The van der Waals surface area contributed by atoms with Gasteiger partial charge < -0.3 is 0 Å². The number of carbonyl (C=O) groups is 1. The van der Waals surface area contributed by atoms with E-state index in [-0.39, 0.29) is 18.2 Å². The van der Waals surface area contributed by atoms with Gasteiger partial charge in [-0.25, -0.2) is 0 Å². The van der Waals surface area contributed by atoms with Crippen LogP contribution in [0.3, 0.4) is 0 Å². The Balaban J connectivity index is 2.68. The summed E-state index contributed by atoms with van der Waals surface area (Å²) in [5, 5.41) is 8.78. The fourth-order valence-corrected chi connectivity index (χ4v) is 3.05. The Morgan fingerprint density at radius 2 is 2.28 bits per heavy atom. The third-order valence-electron chi connectivity index (χ3n) is 2.52. The van der Waals surface area contributed by atoms with Crippen LogP contribution in [0.15, 0.2) is 6.07 Å². The molecule has 1 rings (SSSR count). The van der Waals surface area contributed by atoms with Crippen LogP contribution in [0.1, 0.15) is 24.2 Å². The molecule has 0 aliphatic rings. The molecular weight excluding hydrogens is 291 g/mol. The normalized spacial score (nSPS) is 12.4. The number of nitriles is 1. The minimum atomic E-state index is -0.0979. The summed E-state index contributed by atoms with van der Waals surface area (Å²) in [5.74, 6) is -0.158. The van der Waals surface area contributed by atoms with Gasteiger partial charge in [0.15, 0.2) is 5.78 Å². The molecule has 0 bridgehead atoms. The Hall–Kier alpha value is -0.600. The summed E-state index contributed by atoms with van der Waals surface area (Å²) in [6.07, 6.45) is 0. The summed E-state index contributed by atoms with van der Waals surface area (Å²) in [6.45, 7) is 5.35. The number of Topliss-reactive ketones (excluding diaryl/α,β-unsaturated/α-hetero) is 1. The number of likely N-dealkylation sites (N-methyl/N-ethyl adjacent to an activating group) is 1. The number of hydrogen-bond donors (Lipinski definition) is 0. The van der Waals surface area contributed by atoms with E-state index in [4.69, 9.17) is 28.5 Å². The molecule has 0 aliphatic carbocycles. The van der Waals surface area contributed by atoms with Crippen LogP contribution in [0.2, 0.25) is 8.67 Å². The van der Waals surface area contributed by atoms with Crippen LogP contribution in [0, 0.1) is 17.2 Å². The lowest BCUT2D eigenvalue weighted by molar-refractivity contribution is 0.0930. The maximum absolute atomic E-state index is 12.1. The lowest BCUT2D eigenvalue weighted by Crippen LogP contribution is -2.33. The van der Waals surface area contributed by atoms with E-state index in [1.165, 1.54) is 11.3 Å². The predicted octanol–water partition coefficient (Wildman–Crippen LogP) is 3.72. The first-order valence-electron chi connectivity index (χ1n) is 5.57. The van der Waals surface area contributed by atoms with Crippen molar-refractivity contribution in [2.45, 2.75) is 13.8 Å². The molecule has 1 aromatic rings. The fourth-order valence-electron chi connectivity index (χ4n) is 1.55. The Labute approximate surface area is 121 Å². The highest BCUT2D eigenvalue weighted by Gasteiger charge is 2.18. The Bertz CT molecular complexity index is 467. The molecule has 0 saturated heterocycles. The minimum Gasteiger partial charge on any atom is -0.295 e. The first kappa shape index (κ1) is 15.5. The van der Waals surface area contributed by atoms with Gasteiger partial charge in [0.25, 0.3) is 0 Å². The standard InChI is InChI=1S/C12H14Cl2N2OS/c1-3-16(6-8(2)5-15)7-10(17)9-4-11(13)18-12(9)14/h4,8H,3,6-7H2,1-2H3. The van der Waals surface area contributed by atoms with Crippen LogP contribution in [0.5, 0.6) is 0 Å². The monoisotopic (exact) mass is 304 g/mol. The largest absolute Gasteiger partial charge is 0.295 e.